The highest BCUT2D eigenvalue weighted by Gasteiger charge is 2.24. The summed E-state index contributed by atoms with van der Waals surface area (Å²) in [5.41, 5.74) is 3.22. The lowest BCUT2D eigenvalue weighted by Crippen LogP contribution is -2.20. The molecule has 0 saturated heterocycles. The van der Waals surface area contributed by atoms with Gasteiger partial charge in [0.2, 0.25) is 0 Å². The van der Waals surface area contributed by atoms with Crippen molar-refractivity contribution in [3.8, 4) is 0 Å². The summed E-state index contributed by atoms with van der Waals surface area (Å²) in [7, 11) is 0. The van der Waals surface area contributed by atoms with E-state index in [-0.39, 0.29) is 11.8 Å². The molecule has 0 aromatic rings. The monoisotopic (exact) mass is 216 g/mol. The molecule has 0 saturated carbocycles. The molecule has 0 spiro atoms. The molecule has 4 heteroatoms. The van der Waals surface area contributed by atoms with Crippen LogP contribution in [0, 0.1) is 5.92 Å². The Morgan fingerprint density at radius 1 is 1.82 bits per heavy atom. The van der Waals surface area contributed by atoms with E-state index in [2.05, 4.69) is 26.5 Å². The highest BCUT2D eigenvalue weighted by atomic mass is 79.9. The number of hydrogen-bond acceptors (Lipinski definition) is 2. The molecular formula is C7H9BrN2O. The van der Waals surface area contributed by atoms with Gasteiger partial charge in [-0.2, -0.15) is 5.10 Å². The largest absolute Gasteiger partial charge is 0.272 e. The smallest absolute Gasteiger partial charge is 0.252 e. The van der Waals surface area contributed by atoms with E-state index in [1.807, 2.05) is 19.9 Å². The number of allylic oxidation sites excluding steroid dienone is 1. The molecule has 1 aliphatic rings. The van der Waals surface area contributed by atoms with Crippen molar-refractivity contribution in [2.75, 3.05) is 0 Å². The minimum Gasteiger partial charge on any atom is -0.272 e. The summed E-state index contributed by atoms with van der Waals surface area (Å²) in [6.45, 7) is 3.72. The zero-order chi connectivity index (χ0) is 8.43. The van der Waals surface area contributed by atoms with E-state index < -0.39 is 0 Å². The zero-order valence-electron chi connectivity index (χ0n) is 6.39. The normalized spacial score (nSPS) is 25.0. The lowest BCUT2D eigenvalue weighted by atomic mass is 10.1. The van der Waals surface area contributed by atoms with Gasteiger partial charge in [-0.3, -0.25) is 4.79 Å². The number of carbonyl (C=O) groups excluding carboxylic acids is 1. The topological polar surface area (TPSA) is 41.5 Å². The van der Waals surface area contributed by atoms with Crippen molar-refractivity contribution in [3.05, 3.63) is 10.6 Å². The molecule has 60 valence electrons. The summed E-state index contributed by atoms with van der Waals surface area (Å²) >= 11 is 3.27. The lowest BCUT2D eigenvalue weighted by molar-refractivity contribution is -0.121. The van der Waals surface area contributed by atoms with E-state index >= 15 is 0 Å². The van der Waals surface area contributed by atoms with Crippen molar-refractivity contribution in [2.45, 2.75) is 13.8 Å². The van der Waals surface area contributed by atoms with E-state index in [4.69, 9.17) is 0 Å². The van der Waals surface area contributed by atoms with E-state index in [0.29, 0.717) is 0 Å². The van der Waals surface area contributed by atoms with Crippen molar-refractivity contribution in [1.82, 2.24) is 5.43 Å². The molecule has 0 radical (unpaired) electrons. The van der Waals surface area contributed by atoms with Gasteiger partial charge in [-0.15, -0.1) is 0 Å². The van der Waals surface area contributed by atoms with Crippen LogP contribution in [0.3, 0.4) is 0 Å². The van der Waals surface area contributed by atoms with Crippen LogP contribution >= 0.6 is 15.9 Å². The van der Waals surface area contributed by atoms with Gasteiger partial charge in [-0.05, 0) is 18.3 Å². The Morgan fingerprint density at radius 3 is 2.82 bits per heavy atom. The summed E-state index contributed by atoms with van der Waals surface area (Å²) in [6, 6.07) is 0. The average Bonchev–Trinajstić information content (AvgIpc) is 2.18. The van der Waals surface area contributed by atoms with Crippen LogP contribution in [0.1, 0.15) is 13.8 Å². The second-order valence-corrected chi connectivity index (χ2v) is 3.71. The molecule has 0 aliphatic carbocycles. The Kier molecular flexibility index (Phi) is 2.44. The zero-order valence-corrected chi connectivity index (χ0v) is 7.97. The third-order valence-electron chi connectivity index (χ3n) is 1.47. The third kappa shape index (κ3) is 1.89. The van der Waals surface area contributed by atoms with Gasteiger partial charge in [0.15, 0.2) is 0 Å². The molecule has 1 amide bonds. The van der Waals surface area contributed by atoms with Gasteiger partial charge in [0.1, 0.15) is 0 Å². The van der Waals surface area contributed by atoms with Crippen LogP contribution < -0.4 is 5.43 Å². The molecule has 11 heavy (non-hydrogen) atoms. The summed E-state index contributed by atoms with van der Waals surface area (Å²) < 4.78 is 0.953. The molecule has 0 aromatic heterocycles. The highest BCUT2D eigenvalue weighted by Crippen LogP contribution is 2.13. The van der Waals surface area contributed by atoms with E-state index in [1.54, 1.807) is 0 Å². The number of nitrogens with one attached hydrogen (secondary N) is 1. The van der Waals surface area contributed by atoms with Crippen molar-refractivity contribution in [2.24, 2.45) is 11.0 Å². The third-order valence-corrected chi connectivity index (χ3v) is 1.74. The van der Waals surface area contributed by atoms with Crippen LogP contribution in [-0.4, -0.2) is 11.6 Å². The molecule has 1 rings (SSSR count). The number of amides is 1. The quantitative estimate of drug-likeness (QED) is 0.708. The number of nitrogens with zero attached hydrogens (tertiary/aromatic N) is 1. The van der Waals surface area contributed by atoms with Gasteiger partial charge < -0.3 is 0 Å². The standard InChI is InChI=1S/C7H9BrN2O/c1-4(8)3-6-5(2)9-10-7(6)11/h3,6H,1-2H3,(H,10,11)/b4-3-. The average molecular weight is 217 g/mol. The number of rotatable bonds is 1. The fourth-order valence-electron chi connectivity index (χ4n) is 0.898. The van der Waals surface area contributed by atoms with Crippen LogP contribution in [-0.2, 0) is 4.79 Å². The minimum absolute atomic E-state index is 0.0544. The Morgan fingerprint density at radius 2 is 2.45 bits per heavy atom. The first kappa shape index (κ1) is 8.46. The summed E-state index contributed by atoms with van der Waals surface area (Å²) in [5, 5.41) is 3.80. The van der Waals surface area contributed by atoms with E-state index in [0.717, 1.165) is 10.2 Å². The van der Waals surface area contributed by atoms with Gasteiger partial charge in [-0.1, -0.05) is 22.0 Å². The molecule has 1 aliphatic heterocycles. The van der Waals surface area contributed by atoms with Gasteiger partial charge in [0.05, 0.1) is 11.6 Å². The van der Waals surface area contributed by atoms with Crippen molar-refractivity contribution < 1.29 is 4.79 Å². The number of carbonyl (C=O) groups is 1. The van der Waals surface area contributed by atoms with Crippen LogP contribution in [0.25, 0.3) is 0 Å². The molecule has 0 bridgehead atoms. The lowest BCUT2D eigenvalue weighted by Gasteiger charge is -1.99. The van der Waals surface area contributed by atoms with Gasteiger partial charge in [0.25, 0.3) is 5.91 Å². The summed E-state index contributed by atoms with van der Waals surface area (Å²) in [4.78, 5) is 11.0. The predicted octanol–water partition coefficient (Wildman–Crippen LogP) is 1.41. The second-order valence-electron chi connectivity index (χ2n) is 2.46. The maximum atomic E-state index is 11.0. The van der Waals surface area contributed by atoms with E-state index in [9.17, 15) is 4.79 Å². The number of hydrogen-bond donors (Lipinski definition) is 1. The molecule has 1 heterocycles. The minimum atomic E-state index is -0.186. The molecule has 3 nitrogen and oxygen atoms in total. The Balaban J connectivity index is 2.79. The molecule has 1 unspecified atom stereocenters. The van der Waals surface area contributed by atoms with Gasteiger partial charge in [-0.25, -0.2) is 5.43 Å². The summed E-state index contributed by atoms with van der Waals surface area (Å²) in [5.74, 6) is -0.240. The van der Waals surface area contributed by atoms with Crippen LogP contribution in [0.4, 0.5) is 0 Å². The van der Waals surface area contributed by atoms with Gasteiger partial charge >= 0.3 is 0 Å². The first-order valence-electron chi connectivity index (χ1n) is 3.29. The fourth-order valence-corrected chi connectivity index (χ4v) is 1.16. The molecular weight excluding hydrogens is 208 g/mol. The van der Waals surface area contributed by atoms with Crippen molar-refractivity contribution >= 4 is 27.5 Å². The first-order chi connectivity index (χ1) is 5.11. The van der Waals surface area contributed by atoms with Crippen molar-refractivity contribution in [1.29, 1.82) is 0 Å². The molecule has 1 atom stereocenters. The summed E-state index contributed by atoms with van der Waals surface area (Å²) in [6.07, 6.45) is 1.83. The van der Waals surface area contributed by atoms with Crippen LogP contribution in [0.5, 0.6) is 0 Å². The maximum Gasteiger partial charge on any atom is 0.252 e. The molecule has 0 aromatic carbocycles. The van der Waals surface area contributed by atoms with Crippen LogP contribution in [0.15, 0.2) is 15.7 Å². The Hall–Kier alpha value is -0.640. The SMILES string of the molecule is CC1=NNC(=O)C1/C=C(/C)Br. The molecule has 1 N–H and O–H groups in total. The van der Waals surface area contributed by atoms with Crippen molar-refractivity contribution in [3.63, 3.8) is 0 Å². The maximum absolute atomic E-state index is 11.0. The fraction of sp³-hybridized carbons (Fsp3) is 0.429. The Labute approximate surface area is 73.7 Å². The Bertz CT molecular complexity index is 241. The number of halogens is 1. The van der Waals surface area contributed by atoms with E-state index in [1.165, 1.54) is 0 Å². The van der Waals surface area contributed by atoms with Gasteiger partial charge in [0, 0.05) is 0 Å². The number of hydrazone groups is 1. The first-order valence-corrected chi connectivity index (χ1v) is 4.08. The molecule has 0 fully saturated rings. The predicted molar refractivity (Wildman–Crippen MR) is 47.4 cm³/mol. The second kappa shape index (κ2) is 3.17. The highest BCUT2D eigenvalue weighted by molar-refractivity contribution is 9.11. The van der Waals surface area contributed by atoms with Crippen LogP contribution in [0.2, 0.25) is 0 Å².